The highest BCUT2D eigenvalue weighted by atomic mass is 32.2. The Morgan fingerprint density at radius 1 is 1.18 bits per heavy atom. The summed E-state index contributed by atoms with van der Waals surface area (Å²) >= 11 is 1.66. The average Bonchev–Trinajstić information content (AvgIpc) is 2.39. The predicted octanol–water partition coefficient (Wildman–Crippen LogP) is 3.59. The Labute approximate surface area is 104 Å². The van der Waals surface area contributed by atoms with Crippen molar-refractivity contribution in [2.75, 3.05) is 6.26 Å². The smallest absolute Gasteiger partial charge is 0.153 e. The Bertz CT molecular complexity index is 550. The summed E-state index contributed by atoms with van der Waals surface area (Å²) in [7, 11) is 0. The highest BCUT2D eigenvalue weighted by molar-refractivity contribution is 7.98. The van der Waals surface area contributed by atoms with Crippen LogP contribution in [0, 0.1) is 0 Å². The average molecular weight is 244 g/mol. The highest BCUT2D eigenvalue weighted by Crippen LogP contribution is 2.31. The normalized spacial score (nSPS) is 10.2. The van der Waals surface area contributed by atoms with Crippen molar-refractivity contribution in [3.8, 4) is 16.9 Å². The fraction of sp³-hybridized carbons (Fsp3) is 0.0714. The molecule has 86 valence electrons. The molecular weight excluding hydrogens is 232 g/mol. The Morgan fingerprint density at radius 3 is 2.65 bits per heavy atom. The lowest BCUT2D eigenvalue weighted by molar-refractivity contribution is 0.112. The van der Waals surface area contributed by atoms with Crippen LogP contribution in [0.1, 0.15) is 10.4 Å². The number of phenolic OH excluding ortho intramolecular Hbond substituents is 1. The second kappa shape index (κ2) is 5.06. The number of hydrogen-bond acceptors (Lipinski definition) is 3. The first-order valence-corrected chi connectivity index (χ1v) is 6.40. The molecule has 0 bridgehead atoms. The molecule has 0 saturated carbocycles. The van der Waals surface area contributed by atoms with E-state index in [1.165, 1.54) is 0 Å². The van der Waals surface area contributed by atoms with Crippen LogP contribution in [-0.2, 0) is 0 Å². The lowest BCUT2D eigenvalue weighted by atomic mass is 10.0. The number of carbonyl (C=O) groups excluding carboxylic acids is 1. The van der Waals surface area contributed by atoms with Crippen LogP contribution in [0.15, 0.2) is 47.4 Å². The van der Waals surface area contributed by atoms with Gasteiger partial charge in [0.15, 0.2) is 6.29 Å². The summed E-state index contributed by atoms with van der Waals surface area (Å²) in [5.74, 6) is 0.0189. The van der Waals surface area contributed by atoms with Gasteiger partial charge in [-0.3, -0.25) is 4.79 Å². The van der Waals surface area contributed by atoms with E-state index in [9.17, 15) is 9.90 Å². The van der Waals surface area contributed by atoms with Gasteiger partial charge in [-0.1, -0.05) is 24.3 Å². The first-order chi connectivity index (χ1) is 8.26. The van der Waals surface area contributed by atoms with E-state index < -0.39 is 0 Å². The molecule has 0 aliphatic heterocycles. The minimum absolute atomic E-state index is 0.0189. The number of aldehydes is 1. The molecule has 0 atom stereocenters. The number of rotatable bonds is 3. The molecule has 2 rings (SSSR count). The van der Waals surface area contributed by atoms with Crippen LogP contribution in [0.25, 0.3) is 11.1 Å². The van der Waals surface area contributed by atoms with Gasteiger partial charge in [0.2, 0.25) is 0 Å². The molecule has 0 saturated heterocycles. The van der Waals surface area contributed by atoms with Gasteiger partial charge < -0.3 is 5.11 Å². The molecule has 2 aromatic carbocycles. The molecule has 17 heavy (non-hydrogen) atoms. The molecule has 0 spiro atoms. The van der Waals surface area contributed by atoms with Crippen molar-refractivity contribution >= 4 is 18.0 Å². The molecule has 2 nitrogen and oxygen atoms in total. The molecule has 2 aromatic rings. The second-order valence-corrected chi connectivity index (χ2v) is 4.44. The van der Waals surface area contributed by atoms with E-state index in [1.54, 1.807) is 23.9 Å². The summed E-state index contributed by atoms with van der Waals surface area (Å²) in [6, 6.07) is 13.1. The molecule has 0 aliphatic carbocycles. The summed E-state index contributed by atoms with van der Waals surface area (Å²) in [6.07, 6.45) is 2.68. The highest BCUT2D eigenvalue weighted by Gasteiger charge is 2.06. The monoisotopic (exact) mass is 244 g/mol. The van der Waals surface area contributed by atoms with Crippen molar-refractivity contribution in [2.24, 2.45) is 0 Å². The van der Waals surface area contributed by atoms with Gasteiger partial charge in [0.1, 0.15) is 5.75 Å². The van der Waals surface area contributed by atoms with Gasteiger partial charge >= 0.3 is 0 Å². The van der Waals surface area contributed by atoms with E-state index in [-0.39, 0.29) is 5.75 Å². The van der Waals surface area contributed by atoms with Gasteiger partial charge in [0.25, 0.3) is 0 Å². The number of hydrogen-bond donors (Lipinski definition) is 1. The Hall–Kier alpha value is -1.74. The van der Waals surface area contributed by atoms with Crippen molar-refractivity contribution in [1.82, 2.24) is 0 Å². The first-order valence-electron chi connectivity index (χ1n) is 5.18. The van der Waals surface area contributed by atoms with Gasteiger partial charge in [-0.2, -0.15) is 0 Å². The standard InChI is InChI=1S/C14H12O2S/c1-17-14-5-3-2-4-12(14)10-6-7-13(16)11(8-10)9-15/h2-9,16H,1H3. The van der Waals surface area contributed by atoms with Crippen LogP contribution in [-0.4, -0.2) is 17.6 Å². The van der Waals surface area contributed by atoms with Crippen LogP contribution >= 0.6 is 11.8 Å². The topological polar surface area (TPSA) is 37.3 Å². The summed E-state index contributed by atoms with van der Waals surface area (Å²) in [6.45, 7) is 0. The second-order valence-electron chi connectivity index (χ2n) is 3.59. The Kier molecular flexibility index (Phi) is 3.49. The minimum atomic E-state index is 0.0189. The fourth-order valence-corrected chi connectivity index (χ4v) is 2.32. The van der Waals surface area contributed by atoms with Crippen LogP contribution < -0.4 is 0 Å². The quantitative estimate of drug-likeness (QED) is 0.662. The zero-order chi connectivity index (χ0) is 12.3. The Morgan fingerprint density at radius 2 is 1.94 bits per heavy atom. The summed E-state index contributed by atoms with van der Waals surface area (Å²) in [4.78, 5) is 11.9. The maximum Gasteiger partial charge on any atom is 0.153 e. The number of carbonyl (C=O) groups is 1. The molecule has 0 fully saturated rings. The zero-order valence-corrected chi connectivity index (χ0v) is 10.2. The van der Waals surface area contributed by atoms with Crippen molar-refractivity contribution in [1.29, 1.82) is 0 Å². The summed E-state index contributed by atoms with van der Waals surface area (Å²) < 4.78 is 0. The van der Waals surface area contributed by atoms with Gasteiger partial charge in [0.05, 0.1) is 5.56 Å². The van der Waals surface area contributed by atoms with Crippen molar-refractivity contribution in [3.63, 3.8) is 0 Å². The third-order valence-electron chi connectivity index (χ3n) is 2.57. The fourth-order valence-electron chi connectivity index (χ4n) is 1.70. The zero-order valence-electron chi connectivity index (χ0n) is 9.38. The van der Waals surface area contributed by atoms with E-state index in [2.05, 4.69) is 0 Å². The van der Waals surface area contributed by atoms with E-state index in [0.29, 0.717) is 11.8 Å². The molecule has 0 aromatic heterocycles. The van der Waals surface area contributed by atoms with Crippen molar-refractivity contribution in [3.05, 3.63) is 48.0 Å². The molecule has 0 heterocycles. The lowest BCUT2D eigenvalue weighted by Gasteiger charge is -2.08. The largest absolute Gasteiger partial charge is 0.507 e. The van der Waals surface area contributed by atoms with Crippen molar-refractivity contribution in [2.45, 2.75) is 4.90 Å². The van der Waals surface area contributed by atoms with Crippen LogP contribution in [0.2, 0.25) is 0 Å². The minimum Gasteiger partial charge on any atom is -0.507 e. The van der Waals surface area contributed by atoms with E-state index in [4.69, 9.17) is 0 Å². The SMILES string of the molecule is CSc1ccccc1-c1ccc(O)c(C=O)c1. The molecule has 0 unspecified atom stereocenters. The molecule has 0 radical (unpaired) electrons. The van der Waals surface area contributed by atoms with E-state index in [1.807, 2.05) is 36.6 Å². The third kappa shape index (κ3) is 2.34. The number of aromatic hydroxyl groups is 1. The third-order valence-corrected chi connectivity index (χ3v) is 3.37. The maximum absolute atomic E-state index is 10.8. The Balaban J connectivity index is 2.56. The van der Waals surface area contributed by atoms with Gasteiger partial charge in [-0.05, 0) is 35.6 Å². The number of thioether (sulfide) groups is 1. The van der Waals surface area contributed by atoms with Crippen LogP contribution in [0.4, 0.5) is 0 Å². The van der Waals surface area contributed by atoms with Crippen LogP contribution in [0.3, 0.4) is 0 Å². The van der Waals surface area contributed by atoms with Gasteiger partial charge in [0, 0.05) is 4.90 Å². The van der Waals surface area contributed by atoms with Crippen LogP contribution in [0.5, 0.6) is 5.75 Å². The van der Waals surface area contributed by atoms with Gasteiger partial charge in [-0.25, -0.2) is 0 Å². The number of benzene rings is 2. The first kappa shape index (κ1) is 11.7. The molecule has 3 heteroatoms. The maximum atomic E-state index is 10.8. The number of phenols is 1. The summed E-state index contributed by atoms with van der Waals surface area (Å²) in [5, 5.41) is 9.47. The molecule has 1 N–H and O–H groups in total. The molecule has 0 amide bonds. The van der Waals surface area contributed by atoms with Gasteiger partial charge in [-0.15, -0.1) is 11.8 Å². The predicted molar refractivity (Wildman–Crippen MR) is 70.7 cm³/mol. The van der Waals surface area contributed by atoms with E-state index >= 15 is 0 Å². The summed E-state index contributed by atoms with van der Waals surface area (Å²) in [5.41, 5.74) is 2.33. The lowest BCUT2D eigenvalue weighted by Crippen LogP contribution is -1.86. The molecular formula is C14H12O2S. The van der Waals surface area contributed by atoms with E-state index in [0.717, 1.165) is 16.0 Å². The van der Waals surface area contributed by atoms with Crippen molar-refractivity contribution < 1.29 is 9.90 Å². The molecule has 0 aliphatic rings.